The second kappa shape index (κ2) is 5.57. The first-order chi connectivity index (χ1) is 12.0. The standard InChI is InChI=1S/C20H14O4S/c1-13-8-10-15(11-9-13)25(22,23)24-19-12-18(21)16-6-2-4-14-5-3-7-17(19)20(14)16/h2-12H,1H3. The molecule has 0 unspecified atom stereocenters. The minimum Gasteiger partial charge on any atom is -0.378 e. The Morgan fingerprint density at radius 2 is 1.48 bits per heavy atom. The van der Waals surface area contributed by atoms with E-state index in [1.807, 2.05) is 31.2 Å². The number of allylic oxidation sites excluding steroid dienone is 1. The fourth-order valence-electron chi connectivity index (χ4n) is 2.97. The van der Waals surface area contributed by atoms with Crippen LogP contribution in [-0.4, -0.2) is 14.2 Å². The average molecular weight is 350 g/mol. The number of carbonyl (C=O) groups excluding carboxylic acids is 1. The average Bonchev–Trinajstić information content (AvgIpc) is 2.59. The van der Waals surface area contributed by atoms with Crippen molar-refractivity contribution in [3.05, 3.63) is 83.4 Å². The summed E-state index contributed by atoms with van der Waals surface area (Å²) in [6.45, 7) is 1.87. The molecule has 124 valence electrons. The highest BCUT2D eigenvalue weighted by Gasteiger charge is 2.26. The molecule has 4 nitrogen and oxygen atoms in total. The van der Waals surface area contributed by atoms with E-state index >= 15 is 0 Å². The first-order valence-corrected chi connectivity index (χ1v) is 9.16. The zero-order valence-corrected chi connectivity index (χ0v) is 14.2. The molecule has 0 bridgehead atoms. The molecule has 0 amide bonds. The van der Waals surface area contributed by atoms with Gasteiger partial charge in [0.05, 0.1) is 0 Å². The topological polar surface area (TPSA) is 60.4 Å². The van der Waals surface area contributed by atoms with Crippen LogP contribution in [0.4, 0.5) is 0 Å². The monoisotopic (exact) mass is 350 g/mol. The van der Waals surface area contributed by atoms with E-state index in [1.54, 1.807) is 24.3 Å². The van der Waals surface area contributed by atoms with E-state index in [0.717, 1.165) is 10.9 Å². The molecule has 4 rings (SSSR count). The highest BCUT2D eigenvalue weighted by molar-refractivity contribution is 7.87. The number of hydrogen-bond acceptors (Lipinski definition) is 4. The number of benzene rings is 3. The van der Waals surface area contributed by atoms with E-state index in [4.69, 9.17) is 4.18 Å². The molecule has 0 fully saturated rings. The molecule has 1 aliphatic rings. The summed E-state index contributed by atoms with van der Waals surface area (Å²) >= 11 is 0. The second-order valence-corrected chi connectivity index (χ2v) is 7.48. The predicted octanol–water partition coefficient (Wildman–Crippen LogP) is 4.09. The van der Waals surface area contributed by atoms with Crippen LogP contribution in [0.1, 0.15) is 21.5 Å². The van der Waals surface area contributed by atoms with Gasteiger partial charge in [-0.15, -0.1) is 0 Å². The van der Waals surface area contributed by atoms with Crippen molar-refractivity contribution in [2.75, 3.05) is 0 Å². The Hall–Kier alpha value is -2.92. The molecular formula is C20H14O4S. The summed E-state index contributed by atoms with van der Waals surface area (Å²) in [4.78, 5) is 12.5. The molecule has 0 aromatic heterocycles. The Kier molecular flexibility index (Phi) is 3.47. The van der Waals surface area contributed by atoms with Crippen LogP contribution in [0, 0.1) is 6.92 Å². The Balaban J connectivity index is 1.82. The van der Waals surface area contributed by atoms with Gasteiger partial charge in [0.1, 0.15) is 4.90 Å². The largest absolute Gasteiger partial charge is 0.378 e. The number of hydrogen-bond donors (Lipinski definition) is 0. The highest BCUT2D eigenvalue weighted by Crippen LogP contribution is 2.35. The van der Waals surface area contributed by atoms with Gasteiger partial charge >= 0.3 is 10.1 Å². The number of aryl methyl sites for hydroxylation is 1. The van der Waals surface area contributed by atoms with Crippen LogP contribution in [0.15, 0.2) is 71.6 Å². The number of ketones is 1. The normalized spacial score (nSPS) is 13.6. The SMILES string of the molecule is Cc1ccc(S(=O)(=O)OC2=CC(=O)c3cccc4cccc2c34)cc1. The maximum Gasteiger partial charge on any atom is 0.339 e. The van der Waals surface area contributed by atoms with Crippen LogP contribution < -0.4 is 0 Å². The Morgan fingerprint density at radius 1 is 0.840 bits per heavy atom. The van der Waals surface area contributed by atoms with Crippen molar-refractivity contribution < 1.29 is 17.4 Å². The lowest BCUT2D eigenvalue weighted by molar-refractivity contribution is 0.104. The molecule has 0 radical (unpaired) electrons. The summed E-state index contributed by atoms with van der Waals surface area (Å²) in [5, 5.41) is 1.58. The summed E-state index contributed by atoms with van der Waals surface area (Å²) in [7, 11) is -4.02. The lowest BCUT2D eigenvalue weighted by atomic mass is 9.91. The van der Waals surface area contributed by atoms with Crippen LogP contribution in [0.25, 0.3) is 16.5 Å². The second-order valence-electron chi connectivity index (χ2n) is 5.93. The van der Waals surface area contributed by atoms with E-state index in [2.05, 4.69) is 0 Å². The molecule has 0 atom stereocenters. The Bertz CT molecular complexity index is 1130. The van der Waals surface area contributed by atoms with Crippen molar-refractivity contribution in [3.8, 4) is 0 Å². The first-order valence-electron chi connectivity index (χ1n) is 7.75. The lowest BCUT2D eigenvalue weighted by Crippen LogP contribution is -2.11. The van der Waals surface area contributed by atoms with Crippen LogP contribution in [0.5, 0.6) is 0 Å². The van der Waals surface area contributed by atoms with Gasteiger partial charge in [0.25, 0.3) is 0 Å². The van der Waals surface area contributed by atoms with Crippen molar-refractivity contribution in [1.29, 1.82) is 0 Å². The van der Waals surface area contributed by atoms with Crippen molar-refractivity contribution in [2.45, 2.75) is 11.8 Å². The molecule has 1 aliphatic carbocycles. The molecule has 0 saturated heterocycles. The molecule has 3 aromatic carbocycles. The van der Waals surface area contributed by atoms with Gasteiger partial charge in [-0.3, -0.25) is 4.79 Å². The quantitative estimate of drug-likeness (QED) is 0.668. The number of rotatable bonds is 3. The van der Waals surface area contributed by atoms with Gasteiger partial charge in [-0.05, 0) is 24.4 Å². The maximum atomic E-state index is 12.6. The van der Waals surface area contributed by atoms with E-state index in [0.29, 0.717) is 16.5 Å². The molecule has 0 saturated carbocycles. The molecule has 5 heteroatoms. The maximum absolute atomic E-state index is 12.6. The third-order valence-corrected chi connectivity index (χ3v) is 5.46. The van der Waals surface area contributed by atoms with Crippen molar-refractivity contribution in [1.82, 2.24) is 0 Å². The molecule has 0 aliphatic heterocycles. The van der Waals surface area contributed by atoms with E-state index in [-0.39, 0.29) is 16.4 Å². The van der Waals surface area contributed by atoms with Crippen molar-refractivity contribution >= 4 is 32.4 Å². The highest BCUT2D eigenvalue weighted by atomic mass is 32.2. The van der Waals surface area contributed by atoms with Crippen LogP contribution in [0.2, 0.25) is 0 Å². The minimum atomic E-state index is -4.02. The number of carbonyl (C=O) groups is 1. The zero-order chi connectivity index (χ0) is 17.6. The minimum absolute atomic E-state index is 0.0508. The first kappa shape index (κ1) is 15.6. The van der Waals surface area contributed by atoms with Crippen molar-refractivity contribution in [2.24, 2.45) is 0 Å². The van der Waals surface area contributed by atoms with Gasteiger partial charge in [0.2, 0.25) is 0 Å². The van der Waals surface area contributed by atoms with Crippen molar-refractivity contribution in [3.63, 3.8) is 0 Å². The van der Waals surface area contributed by atoms with E-state index < -0.39 is 10.1 Å². The Morgan fingerprint density at radius 3 is 2.16 bits per heavy atom. The summed E-state index contributed by atoms with van der Waals surface area (Å²) in [6, 6.07) is 17.3. The zero-order valence-electron chi connectivity index (χ0n) is 13.4. The van der Waals surface area contributed by atoms with Gasteiger partial charge in [0.15, 0.2) is 11.5 Å². The van der Waals surface area contributed by atoms with Gasteiger partial charge in [-0.1, -0.05) is 54.1 Å². The van der Waals surface area contributed by atoms with Gasteiger partial charge in [-0.2, -0.15) is 8.42 Å². The van der Waals surface area contributed by atoms with Crippen LogP contribution in [-0.2, 0) is 14.3 Å². The van der Waals surface area contributed by atoms with E-state index in [1.165, 1.54) is 18.2 Å². The molecule has 25 heavy (non-hydrogen) atoms. The van der Waals surface area contributed by atoms with Gasteiger partial charge < -0.3 is 4.18 Å². The summed E-state index contributed by atoms with van der Waals surface area (Å²) < 4.78 is 30.5. The van der Waals surface area contributed by atoms with Gasteiger partial charge in [0, 0.05) is 22.6 Å². The fraction of sp³-hybridized carbons (Fsp3) is 0.0500. The van der Waals surface area contributed by atoms with Gasteiger partial charge in [-0.25, -0.2) is 0 Å². The summed E-state index contributed by atoms with van der Waals surface area (Å²) in [5.74, 6) is -0.215. The predicted molar refractivity (Wildman–Crippen MR) is 95.7 cm³/mol. The fourth-order valence-corrected chi connectivity index (χ4v) is 3.91. The molecule has 0 heterocycles. The molecule has 0 N–H and O–H groups in total. The molecule has 0 spiro atoms. The summed E-state index contributed by atoms with van der Waals surface area (Å²) in [6.07, 6.45) is 1.24. The van der Waals surface area contributed by atoms with Crippen LogP contribution in [0.3, 0.4) is 0 Å². The Labute approximate surface area is 145 Å². The van der Waals surface area contributed by atoms with Crippen LogP contribution >= 0.6 is 0 Å². The molecule has 3 aromatic rings. The lowest BCUT2D eigenvalue weighted by Gasteiger charge is -2.18. The molecular weight excluding hydrogens is 336 g/mol. The smallest absolute Gasteiger partial charge is 0.339 e. The third-order valence-electron chi connectivity index (χ3n) is 4.21. The summed E-state index contributed by atoms with van der Waals surface area (Å²) in [5.41, 5.74) is 2.10. The van der Waals surface area contributed by atoms with E-state index in [9.17, 15) is 13.2 Å². The third kappa shape index (κ3) is 2.62.